The van der Waals surface area contributed by atoms with Crippen molar-refractivity contribution in [1.82, 2.24) is 0 Å². The van der Waals surface area contributed by atoms with Gasteiger partial charge in [-0.2, -0.15) is 0 Å². The lowest BCUT2D eigenvalue weighted by Crippen LogP contribution is -2.41. The number of rotatable bonds is 9. The molecule has 2 rings (SSSR count). The normalized spacial score (nSPS) is 22.4. The molecular formula is C21H30O5. The second-order valence-corrected chi connectivity index (χ2v) is 7.10. The van der Waals surface area contributed by atoms with E-state index in [1.165, 1.54) is 0 Å². The number of aliphatic carboxylic acids is 1. The highest BCUT2D eigenvalue weighted by atomic mass is 16.7. The van der Waals surface area contributed by atoms with Crippen molar-refractivity contribution in [3.8, 4) is 5.75 Å². The molecule has 0 spiro atoms. The van der Waals surface area contributed by atoms with Crippen LogP contribution in [0.5, 0.6) is 5.75 Å². The highest BCUT2D eigenvalue weighted by Gasteiger charge is 2.37. The van der Waals surface area contributed by atoms with Gasteiger partial charge >= 0.3 is 5.97 Å². The van der Waals surface area contributed by atoms with Gasteiger partial charge in [-0.15, -0.1) is 0 Å². The van der Waals surface area contributed by atoms with Gasteiger partial charge < -0.3 is 19.3 Å². The van der Waals surface area contributed by atoms with E-state index in [0.717, 1.165) is 30.6 Å². The van der Waals surface area contributed by atoms with Gasteiger partial charge in [0.25, 0.3) is 0 Å². The molecule has 0 unspecified atom stereocenters. The maximum atomic E-state index is 10.5. The first kappa shape index (κ1) is 20.5. The molecule has 1 heterocycles. The number of hydrogen-bond donors (Lipinski definition) is 1. The number of methoxy groups -OCH3 is 1. The van der Waals surface area contributed by atoms with Gasteiger partial charge in [-0.05, 0) is 45.6 Å². The molecule has 2 atom stereocenters. The number of unbranched alkanes of at least 4 members (excludes halogenated alkanes) is 2. The summed E-state index contributed by atoms with van der Waals surface area (Å²) in [4.78, 5) is 10.5. The van der Waals surface area contributed by atoms with Crippen LogP contribution in [0, 0.1) is 5.92 Å². The Labute approximate surface area is 156 Å². The summed E-state index contributed by atoms with van der Waals surface area (Å²) in [5, 5.41) is 8.65. The van der Waals surface area contributed by atoms with Crippen LogP contribution in [0.2, 0.25) is 0 Å². The van der Waals surface area contributed by atoms with E-state index >= 15 is 0 Å². The van der Waals surface area contributed by atoms with Gasteiger partial charge in [-0.1, -0.05) is 30.4 Å². The maximum absolute atomic E-state index is 10.5. The Morgan fingerprint density at radius 1 is 1.31 bits per heavy atom. The Morgan fingerprint density at radius 3 is 2.81 bits per heavy atom. The first-order chi connectivity index (χ1) is 12.4. The standard InChI is InChI=1S/C21H30O5/c1-21(2)25-15-16(11-7-5-4-6-8-14-19(22)23)20(26-21)17-12-9-10-13-18(17)24-3/h5,7,9-10,12-13,16,20H,4,6,8,11,14-15H2,1-3H3,(H,22,23)/t16-,20+/m1/s1. The molecule has 0 saturated carbocycles. The van der Waals surface area contributed by atoms with Crippen LogP contribution in [0.4, 0.5) is 0 Å². The molecule has 1 aromatic rings. The van der Waals surface area contributed by atoms with Gasteiger partial charge in [-0.25, -0.2) is 0 Å². The van der Waals surface area contributed by atoms with E-state index in [0.29, 0.717) is 13.0 Å². The summed E-state index contributed by atoms with van der Waals surface area (Å²) >= 11 is 0. The maximum Gasteiger partial charge on any atom is 0.303 e. The largest absolute Gasteiger partial charge is 0.496 e. The molecule has 5 heteroatoms. The summed E-state index contributed by atoms with van der Waals surface area (Å²) < 4.78 is 17.6. The zero-order valence-corrected chi connectivity index (χ0v) is 15.9. The summed E-state index contributed by atoms with van der Waals surface area (Å²) in [5.41, 5.74) is 1.05. The lowest BCUT2D eigenvalue weighted by Gasteiger charge is -2.41. The van der Waals surface area contributed by atoms with E-state index in [2.05, 4.69) is 12.2 Å². The van der Waals surface area contributed by atoms with E-state index < -0.39 is 11.8 Å². The minimum atomic E-state index is -0.729. The van der Waals surface area contributed by atoms with Crippen molar-refractivity contribution in [3.05, 3.63) is 42.0 Å². The average molecular weight is 362 g/mol. The molecule has 0 aliphatic carbocycles. The van der Waals surface area contributed by atoms with Gasteiger partial charge in [0.2, 0.25) is 0 Å². The molecule has 144 valence electrons. The first-order valence-corrected chi connectivity index (χ1v) is 9.24. The van der Waals surface area contributed by atoms with Crippen LogP contribution in [0.15, 0.2) is 36.4 Å². The minimum absolute atomic E-state index is 0.0911. The van der Waals surface area contributed by atoms with Crippen LogP contribution < -0.4 is 4.74 Å². The van der Waals surface area contributed by atoms with Gasteiger partial charge in [0.1, 0.15) is 5.75 Å². The van der Waals surface area contributed by atoms with Crippen molar-refractivity contribution >= 4 is 5.97 Å². The van der Waals surface area contributed by atoms with E-state index in [4.69, 9.17) is 19.3 Å². The van der Waals surface area contributed by atoms with E-state index in [-0.39, 0.29) is 18.4 Å². The number of hydrogen-bond acceptors (Lipinski definition) is 4. The van der Waals surface area contributed by atoms with Crippen LogP contribution in [0.25, 0.3) is 0 Å². The van der Waals surface area contributed by atoms with Crippen LogP contribution in [0.1, 0.15) is 57.6 Å². The molecule has 1 aliphatic heterocycles. The molecule has 0 amide bonds. The number of carboxylic acid groups (broad SMARTS) is 1. The smallest absolute Gasteiger partial charge is 0.303 e. The topological polar surface area (TPSA) is 65.0 Å². The van der Waals surface area contributed by atoms with Gasteiger partial charge in [0.05, 0.1) is 19.8 Å². The fraction of sp³-hybridized carbons (Fsp3) is 0.571. The second-order valence-electron chi connectivity index (χ2n) is 7.10. The highest BCUT2D eigenvalue weighted by Crippen LogP contribution is 2.41. The minimum Gasteiger partial charge on any atom is -0.496 e. The van der Waals surface area contributed by atoms with Crippen molar-refractivity contribution < 1.29 is 24.1 Å². The summed E-state index contributed by atoms with van der Waals surface area (Å²) in [6.07, 6.45) is 7.77. The monoisotopic (exact) mass is 362 g/mol. The van der Waals surface area contributed by atoms with Gasteiger partial charge in [0.15, 0.2) is 5.79 Å². The van der Waals surface area contributed by atoms with Crippen LogP contribution in [-0.4, -0.2) is 30.6 Å². The molecular weight excluding hydrogens is 332 g/mol. The Balaban J connectivity index is 1.97. The lowest BCUT2D eigenvalue weighted by atomic mass is 9.91. The summed E-state index contributed by atoms with van der Waals surface area (Å²) in [6, 6.07) is 7.96. The average Bonchev–Trinajstić information content (AvgIpc) is 2.61. The fourth-order valence-electron chi connectivity index (χ4n) is 3.17. The molecule has 1 N–H and O–H groups in total. The molecule has 1 fully saturated rings. The lowest BCUT2D eigenvalue weighted by molar-refractivity contribution is -0.295. The Hall–Kier alpha value is -1.85. The summed E-state index contributed by atoms with van der Waals surface area (Å²) in [7, 11) is 1.68. The molecule has 0 bridgehead atoms. The molecule has 1 aliphatic rings. The first-order valence-electron chi connectivity index (χ1n) is 9.24. The number of allylic oxidation sites excluding steroid dienone is 2. The highest BCUT2D eigenvalue weighted by molar-refractivity contribution is 5.66. The SMILES string of the molecule is COc1ccccc1[C@H]1OC(C)(C)OC[C@H]1CC=CCCCCC(=O)O. The zero-order chi connectivity index (χ0) is 19.0. The van der Waals surface area contributed by atoms with E-state index in [9.17, 15) is 4.79 Å². The molecule has 0 aromatic heterocycles. The van der Waals surface area contributed by atoms with E-state index in [1.807, 2.05) is 38.1 Å². The van der Waals surface area contributed by atoms with Crippen molar-refractivity contribution in [2.24, 2.45) is 5.92 Å². The van der Waals surface area contributed by atoms with Crippen molar-refractivity contribution in [1.29, 1.82) is 0 Å². The Morgan fingerprint density at radius 2 is 2.08 bits per heavy atom. The van der Waals surface area contributed by atoms with Crippen molar-refractivity contribution in [2.45, 2.75) is 57.8 Å². The molecule has 0 radical (unpaired) electrons. The van der Waals surface area contributed by atoms with Crippen LogP contribution >= 0.6 is 0 Å². The third-order valence-corrected chi connectivity index (χ3v) is 4.55. The van der Waals surface area contributed by atoms with Crippen molar-refractivity contribution in [3.63, 3.8) is 0 Å². The summed E-state index contributed by atoms with van der Waals surface area (Å²) in [5.74, 6) is -0.317. The summed E-state index contributed by atoms with van der Waals surface area (Å²) in [6.45, 7) is 4.49. The number of benzene rings is 1. The Kier molecular flexibility index (Phi) is 7.66. The quantitative estimate of drug-likeness (QED) is 0.508. The number of ether oxygens (including phenoxy) is 3. The van der Waals surface area contributed by atoms with E-state index in [1.54, 1.807) is 7.11 Å². The molecule has 5 nitrogen and oxygen atoms in total. The predicted octanol–water partition coefficient (Wildman–Crippen LogP) is 4.73. The van der Waals surface area contributed by atoms with Gasteiger partial charge in [0, 0.05) is 17.9 Å². The number of para-hydroxylation sites is 1. The second kappa shape index (κ2) is 9.74. The molecule has 26 heavy (non-hydrogen) atoms. The van der Waals surface area contributed by atoms with Gasteiger partial charge in [-0.3, -0.25) is 4.79 Å². The van der Waals surface area contributed by atoms with Crippen molar-refractivity contribution in [2.75, 3.05) is 13.7 Å². The number of carbonyl (C=O) groups is 1. The number of carboxylic acids is 1. The molecule has 1 saturated heterocycles. The zero-order valence-electron chi connectivity index (χ0n) is 15.9. The fourth-order valence-corrected chi connectivity index (χ4v) is 3.17. The van der Waals surface area contributed by atoms with Crippen LogP contribution in [0.3, 0.4) is 0 Å². The Bertz CT molecular complexity index is 608. The third-order valence-electron chi connectivity index (χ3n) is 4.55. The van der Waals surface area contributed by atoms with Crippen LogP contribution in [-0.2, 0) is 14.3 Å². The predicted molar refractivity (Wildman–Crippen MR) is 100 cm³/mol. The molecule has 1 aromatic carbocycles. The third kappa shape index (κ3) is 6.15.